The van der Waals surface area contributed by atoms with E-state index in [1.54, 1.807) is 0 Å². The summed E-state index contributed by atoms with van der Waals surface area (Å²) in [6.07, 6.45) is 11.2. The van der Waals surface area contributed by atoms with Gasteiger partial charge in [0.25, 0.3) is 0 Å². The fraction of sp³-hybridized carbons (Fsp3) is 0.667. The molecule has 1 N–H and O–H groups in total. The zero-order chi connectivity index (χ0) is 14.0. The van der Waals surface area contributed by atoms with Crippen molar-refractivity contribution in [2.45, 2.75) is 69.2 Å². The highest BCUT2D eigenvalue weighted by Gasteiger charge is 2.21. The first-order valence-corrected chi connectivity index (χ1v) is 9.35. The van der Waals surface area contributed by atoms with E-state index in [9.17, 15) is 0 Å². The number of rotatable bonds is 10. The Morgan fingerprint density at radius 1 is 1.00 bits per heavy atom. The van der Waals surface area contributed by atoms with Crippen molar-refractivity contribution in [1.29, 1.82) is 0 Å². The van der Waals surface area contributed by atoms with Crippen LogP contribution in [-0.4, -0.2) is 12.3 Å². The normalized spacial score (nSPS) is 17.4. The molecule has 1 aliphatic rings. The Balaban J connectivity index is 1.50. The molecule has 1 aliphatic heterocycles. The lowest BCUT2D eigenvalue weighted by molar-refractivity contribution is 0.525. The number of unbranched alkanes of at least 4 members (excludes halogenated alkanes) is 7. The molecule has 112 valence electrons. The third-order valence-electron chi connectivity index (χ3n) is 4.12. The molecule has 0 saturated heterocycles. The van der Waals surface area contributed by atoms with E-state index >= 15 is 0 Å². The summed E-state index contributed by atoms with van der Waals surface area (Å²) in [5, 5.41) is 3.73. The van der Waals surface area contributed by atoms with Crippen molar-refractivity contribution in [1.82, 2.24) is 5.32 Å². The Kier molecular flexibility index (Phi) is 7.53. The molecule has 1 nitrogen and oxygen atoms in total. The van der Waals surface area contributed by atoms with Gasteiger partial charge in [-0.3, -0.25) is 0 Å². The van der Waals surface area contributed by atoms with E-state index in [2.05, 4.69) is 36.5 Å². The Morgan fingerprint density at radius 3 is 2.50 bits per heavy atom. The van der Waals surface area contributed by atoms with Gasteiger partial charge in [-0.25, -0.2) is 0 Å². The Hall–Kier alpha value is -0.470. The molecule has 2 heteroatoms. The maximum atomic E-state index is 3.73. The van der Waals surface area contributed by atoms with Gasteiger partial charge in [-0.2, -0.15) is 0 Å². The monoisotopic (exact) mass is 291 g/mol. The van der Waals surface area contributed by atoms with Crippen LogP contribution in [-0.2, 0) is 0 Å². The molecule has 0 radical (unpaired) electrons. The zero-order valence-electron chi connectivity index (χ0n) is 12.9. The number of hydrogen-bond acceptors (Lipinski definition) is 2. The van der Waals surface area contributed by atoms with Gasteiger partial charge in [0.15, 0.2) is 0 Å². The summed E-state index contributed by atoms with van der Waals surface area (Å²) >= 11 is 1.99. The van der Waals surface area contributed by atoms with Gasteiger partial charge in [0.1, 0.15) is 0 Å². The highest BCUT2D eigenvalue weighted by Crippen LogP contribution is 2.37. The first-order valence-electron chi connectivity index (χ1n) is 8.37. The summed E-state index contributed by atoms with van der Waals surface area (Å²) in [6.45, 7) is 3.46. The van der Waals surface area contributed by atoms with E-state index in [0.29, 0.717) is 6.04 Å². The fourth-order valence-electron chi connectivity index (χ4n) is 2.87. The van der Waals surface area contributed by atoms with E-state index < -0.39 is 0 Å². The summed E-state index contributed by atoms with van der Waals surface area (Å²) in [4.78, 5) is 1.47. The molecule has 0 amide bonds. The second kappa shape index (κ2) is 9.46. The second-order valence-corrected chi connectivity index (χ2v) is 6.89. The third kappa shape index (κ3) is 5.14. The molecule has 1 unspecified atom stereocenters. The summed E-state index contributed by atoms with van der Waals surface area (Å²) in [5.41, 5.74) is 1.51. The van der Waals surface area contributed by atoms with E-state index in [1.165, 1.54) is 74.1 Å². The second-order valence-electron chi connectivity index (χ2n) is 5.83. The van der Waals surface area contributed by atoms with Crippen molar-refractivity contribution < 1.29 is 0 Å². The smallest absolute Gasteiger partial charge is 0.0426 e. The van der Waals surface area contributed by atoms with Crippen LogP contribution < -0.4 is 5.32 Å². The van der Waals surface area contributed by atoms with Crippen LogP contribution in [0.2, 0.25) is 0 Å². The van der Waals surface area contributed by atoms with Crippen LogP contribution in [0.3, 0.4) is 0 Å². The quantitative estimate of drug-likeness (QED) is 0.566. The van der Waals surface area contributed by atoms with Crippen LogP contribution in [0.25, 0.3) is 0 Å². The van der Waals surface area contributed by atoms with Crippen molar-refractivity contribution >= 4 is 11.8 Å². The SMILES string of the molecule is CCCCCCCCCCNC1CSc2ccccc21. The van der Waals surface area contributed by atoms with Crippen LogP contribution in [0.5, 0.6) is 0 Å². The largest absolute Gasteiger partial charge is 0.309 e. The Morgan fingerprint density at radius 2 is 1.70 bits per heavy atom. The minimum absolute atomic E-state index is 0.584. The molecule has 0 fully saturated rings. The van der Waals surface area contributed by atoms with E-state index in [-0.39, 0.29) is 0 Å². The number of fused-ring (bicyclic) bond motifs is 1. The van der Waals surface area contributed by atoms with Gasteiger partial charge in [-0.1, -0.05) is 70.1 Å². The first kappa shape index (κ1) is 15.9. The maximum Gasteiger partial charge on any atom is 0.0426 e. The van der Waals surface area contributed by atoms with Gasteiger partial charge < -0.3 is 5.32 Å². The molecule has 0 bridgehead atoms. The lowest BCUT2D eigenvalue weighted by atomic mass is 10.1. The molecule has 0 aliphatic carbocycles. The van der Waals surface area contributed by atoms with E-state index in [1.807, 2.05) is 11.8 Å². The summed E-state index contributed by atoms with van der Waals surface area (Å²) in [6, 6.07) is 9.42. The number of hydrogen-bond donors (Lipinski definition) is 1. The molecule has 0 spiro atoms. The predicted molar refractivity (Wildman–Crippen MR) is 90.5 cm³/mol. The van der Waals surface area contributed by atoms with E-state index in [4.69, 9.17) is 0 Å². The molecule has 2 rings (SSSR count). The number of thioether (sulfide) groups is 1. The standard InChI is InChI=1S/C18H29NS/c1-2-3-4-5-6-7-8-11-14-19-17-15-20-18-13-10-9-12-16(17)18/h9-10,12-13,17,19H,2-8,11,14-15H2,1H3. The van der Waals surface area contributed by atoms with E-state index in [0.717, 1.165) is 0 Å². The van der Waals surface area contributed by atoms with Crippen LogP contribution in [0.15, 0.2) is 29.2 Å². The van der Waals surface area contributed by atoms with Gasteiger partial charge in [0, 0.05) is 16.7 Å². The van der Waals surface area contributed by atoms with Gasteiger partial charge >= 0.3 is 0 Å². The summed E-state index contributed by atoms with van der Waals surface area (Å²) < 4.78 is 0. The van der Waals surface area contributed by atoms with Crippen molar-refractivity contribution in [3.63, 3.8) is 0 Å². The molecule has 0 aromatic heterocycles. The molecule has 0 saturated carbocycles. The fourth-order valence-corrected chi connectivity index (χ4v) is 4.06. The summed E-state index contributed by atoms with van der Waals surface area (Å²) in [7, 11) is 0. The molecule has 20 heavy (non-hydrogen) atoms. The highest BCUT2D eigenvalue weighted by atomic mass is 32.2. The Bertz CT molecular complexity index is 377. The third-order valence-corrected chi connectivity index (χ3v) is 5.30. The maximum absolute atomic E-state index is 3.73. The minimum Gasteiger partial charge on any atom is -0.309 e. The zero-order valence-corrected chi connectivity index (χ0v) is 13.7. The van der Waals surface area contributed by atoms with Crippen molar-refractivity contribution in [3.05, 3.63) is 29.8 Å². The van der Waals surface area contributed by atoms with Gasteiger partial charge in [-0.15, -0.1) is 11.8 Å². The molecule has 1 atom stereocenters. The van der Waals surface area contributed by atoms with Crippen molar-refractivity contribution in [2.24, 2.45) is 0 Å². The Labute approximate surface area is 128 Å². The van der Waals surface area contributed by atoms with Gasteiger partial charge in [-0.05, 0) is 24.6 Å². The van der Waals surface area contributed by atoms with Gasteiger partial charge in [0.2, 0.25) is 0 Å². The molecular formula is C18H29NS. The lowest BCUT2D eigenvalue weighted by Crippen LogP contribution is -2.22. The minimum atomic E-state index is 0.584. The van der Waals surface area contributed by atoms with Crippen LogP contribution >= 0.6 is 11.8 Å². The topological polar surface area (TPSA) is 12.0 Å². The van der Waals surface area contributed by atoms with Crippen molar-refractivity contribution in [3.8, 4) is 0 Å². The average molecular weight is 292 g/mol. The number of nitrogens with one attached hydrogen (secondary N) is 1. The molecule has 1 aromatic carbocycles. The van der Waals surface area contributed by atoms with Crippen LogP contribution in [0.4, 0.5) is 0 Å². The van der Waals surface area contributed by atoms with Crippen LogP contribution in [0.1, 0.15) is 69.9 Å². The first-order chi connectivity index (χ1) is 9.92. The van der Waals surface area contributed by atoms with Crippen LogP contribution in [0, 0.1) is 0 Å². The predicted octanol–water partition coefficient (Wildman–Crippen LogP) is 5.56. The molecular weight excluding hydrogens is 262 g/mol. The lowest BCUT2D eigenvalue weighted by Gasteiger charge is -2.13. The molecule has 1 aromatic rings. The van der Waals surface area contributed by atoms with Gasteiger partial charge in [0.05, 0.1) is 0 Å². The number of benzene rings is 1. The highest BCUT2D eigenvalue weighted by molar-refractivity contribution is 7.99. The summed E-state index contributed by atoms with van der Waals surface area (Å²) in [5.74, 6) is 1.20. The molecule has 1 heterocycles. The average Bonchev–Trinajstić information content (AvgIpc) is 2.89. The van der Waals surface area contributed by atoms with Crippen molar-refractivity contribution in [2.75, 3.05) is 12.3 Å².